The van der Waals surface area contributed by atoms with E-state index in [1.807, 2.05) is 25.1 Å². The molecule has 0 aromatic heterocycles. The monoisotopic (exact) mass is 198 g/mol. The Bertz CT molecular complexity index is 312. The standard InChI is InChI=1S/C9H13NO2S/c1-10(2)7-8-4-3-5-9(6-8)13(11)12/h3-6H,7H2,1-2H3,(H,11,12)/p-1. The number of hydrogen-bond acceptors (Lipinski definition) is 3. The van der Waals surface area contributed by atoms with Crippen molar-refractivity contribution in [2.75, 3.05) is 14.1 Å². The Kier molecular flexibility index (Phi) is 3.59. The van der Waals surface area contributed by atoms with Crippen LogP contribution >= 0.6 is 0 Å². The highest BCUT2D eigenvalue weighted by Crippen LogP contribution is 2.09. The zero-order chi connectivity index (χ0) is 9.84. The molecule has 0 saturated heterocycles. The SMILES string of the molecule is CN(C)Cc1cccc(S(=O)[O-])c1. The first-order valence-corrected chi connectivity index (χ1v) is 5.00. The molecule has 0 heterocycles. The molecule has 0 aliphatic rings. The highest BCUT2D eigenvalue weighted by atomic mass is 32.2. The van der Waals surface area contributed by atoms with Crippen LogP contribution in [0.3, 0.4) is 0 Å². The molecule has 3 nitrogen and oxygen atoms in total. The van der Waals surface area contributed by atoms with Gasteiger partial charge in [0.25, 0.3) is 0 Å². The Hall–Kier alpha value is -0.710. The van der Waals surface area contributed by atoms with Crippen LogP contribution in [0.25, 0.3) is 0 Å². The van der Waals surface area contributed by atoms with Gasteiger partial charge in [-0.1, -0.05) is 12.1 Å². The predicted molar refractivity (Wildman–Crippen MR) is 51.0 cm³/mol. The summed E-state index contributed by atoms with van der Waals surface area (Å²) in [5.74, 6) is 0. The Morgan fingerprint density at radius 3 is 2.69 bits per heavy atom. The van der Waals surface area contributed by atoms with Gasteiger partial charge in [0.15, 0.2) is 0 Å². The Balaban J connectivity index is 2.85. The van der Waals surface area contributed by atoms with E-state index in [4.69, 9.17) is 0 Å². The number of hydrogen-bond donors (Lipinski definition) is 0. The molecular formula is C9H12NO2S-. The van der Waals surface area contributed by atoms with Gasteiger partial charge in [0.1, 0.15) is 0 Å². The minimum absolute atomic E-state index is 0.347. The molecule has 0 fully saturated rings. The van der Waals surface area contributed by atoms with Crippen LogP contribution in [0.5, 0.6) is 0 Å². The minimum Gasteiger partial charge on any atom is -0.768 e. The fraction of sp³-hybridized carbons (Fsp3) is 0.333. The largest absolute Gasteiger partial charge is 0.768 e. The van der Waals surface area contributed by atoms with Gasteiger partial charge in [-0.15, -0.1) is 0 Å². The zero-order valence-electron chi connectivity index (χ0n) is 7.69. The molecule has 72 valence electrons. The van der Waals surface area contributed by atoms with Crippen molar-refractivity contribution in [3.05, 3.63) is 29.8 Å². The average molecular weight is 198 g/mol. The summed E-state index contributed by atoms with van der Waals surface area (Å²) in [5, 5.41) is 0. The lowest BCUT2D eigenvalue weighted by Gasteiger charge is -2.11. The van der Waals surface area contributed by atoms with Crippen LogP contribution in [0.4, 0.5) is 0 Å². The lowest BCUT2D eigenvalue weighted by atomic mass is 10.2. The van der Waals surface area contributed by atoms with Crippen molar-refractivity contribution in [3.8, 4) is 0 Å². The summed E-state index contributed by atoms with van der Waals surface area (Å²) in [7, 11) is 3.89. The summed E-state index contributed by atoms with van der Waals surface area (Å²) in [6.45, 7) is 0.755. The lowest BCUT2D eigenvalue weighted by molar-refractivity contribution is 0.402. The molecule has 0 aliphatic carbocycles. The first-order valence-electron chi connectivity index (χ1n) is 3.92. The topological polar surface area (TPSA) is 43.4 Å². The summed E-state index contributed by atoms with van der Waals surface area (Å²) in [4.78, 5) is 2.34. The summed E-state index contributed by atoms with van der Waals surface area (Å²) >= 11 is -2.12. The molecule has 13 heavy (non-hydrogen) atoms. The lowest BCUT2D eigenvalue weighted by Crippen LogP contribution is -2.10. The smallest absolute Gasteiger partial charge is 0.0251 e. The van der Waals surface area contributed by atoms with Gasteiger partial charge in [-0.25, -0.2) is 0 Å². The Morgan fingerprint density at radius 1 is 1.46 bits per heavy atom. The van der Waals surface area contributed by atoms with Gasteiger partial charge < -0.3 is 9.45 Å². The van der Waals surface area contributed by atoms with Crippen LogP contribution in [0.15, 0.2) is 29.2 Å². The first-order chi connectivity index (χ1) is 6.09. The van der Waals surface area contributed by atoms with E-state index in [1.165, 1.54) is 0 Å². The second kappa shape index (κ2) is 4.50. The molecule has 4 heteroatoms. The van der Waals surface area contributed by atoms with Crippen LogP contribution in [-0.2, 0) is 17.6 Å². The second-order valence-electron chi connectivity index (χ2n) is 3.12. The van der Waals surface area contributed by atoms with Crippen molar-refractivity contribution in [2.45, 2.75) is 11.4 Å². The van der Waals surface area contributed by atoms with Crippen LogP contribution in [0.2, 0.25) is 0 Å². The summed E-state index contributed by atoms with van der Waals surface area (Å²) in [6.07, 6.45) is 0. The van der Waals surface area contributed by atoms with Gasteiger partial charge in [-0.2, -0.15) is 0 Å². The van der Waals surface area contributed by atoms with Gasteiger partial charge in [0.2, 0.25) is 0 Å². The molecule has 0 amide bonds. The van der Waals surface area contributed by atoms with E-state index in [9.17, 15) is 8.76 Å². The van der Waals surface area contributed by atoms with Gasteiger partial charge in [0, 0.05) is 11.4 Å². The van der Waals surface area contributed by atoms with Crippen molar-refractivity contribution >= 4 is 11.1 Å². The highest BCUT2D eigenvalue weighted by Gasteiger charge is 1.97. The molecule has 1 rings (SSSR count). The summed E-state index contributed by atoms with van der Waals surface area (Å²) < 4.78 is 21.3. The van der Waals surface area contributed by atoms with Gasteiger partial charge in [-0.05, 0) is 42.9 Å². The van der Waals surface area contributed by atoms with Gasteiger partial charge in [0.05, 0.1) is 0 Å². The fourth-order valence-corrected chi connectivity index (χ4v) is 1.55. The molecule has 1 atom stereocenters. The number of rotatable bonds is 3. The average Bonchev–Trinajstić information content (AvgIpc) is 2.03. The van der Waals surface area contributed by atoms with E-state index < -0.39 is 11.1 Å². The van der Waals surface area contributed by atoms with E-state index in [0.29, 0.717) is 4.90 Å². The normalized spacial score (nSPS) is 13.2. The third kappa shape index (κ3) is 3.26. The Labute approximate surface area is 80.7 Å². The van der Waals surface area contributed by atoms with Crippen molar-refractivity contribution in [3.63, 3.8) is 0 Å². The maximum atomic E-state index is 10.6. The van der Waals surface area contributed by atoms with Crippen molar-refractivity contribution in [1.29, 1.82) is 0 Å². The number of benzene rings is 1. The summed E-state index contributed by atoms with van der Waals surface area (Å²) in [6, 6.07) is 6.94. The molecule has 0 aliphatic heterocycles. The second-order valence-corrected chi connectivity index (χ2v) is 4.06. The molecule has 0 spiro atoms. The fourth-order valence-electron chi connectivity index (χ4n) is 1.11. The quantitative estimate of drug-likeness (QED) is 0.680. The molecule has 1 aromatic rings. The third-order valence-corrected chi connectivity index (χ3v) is 2.23. The molecule has 1 unspecified atom stereocenters. The van der Waals surface area contributed by atoms with E-state index in [-0.39, 0.29) is 0 Å². The highest BCUT2D eigenvalue weighted by molar-refractivity contribution is 7.79. The summed E-state index contributed by atoms with van der Waals surface area (Å²) in [5.41, 5.74) is 1.01. The van der Waals surface area contributed by atoms with Crippen LogP contribution < -0.4 is 0 Å². The predicted octanol–water partition coefficient (Wildman–Crippen LogP) is 0.986. The third-order valence-electron chi connectivity index (χ3n) is 1.59. The Morgan fingerprint density at radius 2 is 2.15 bits per heavy atom. The molecule has 0 saturated carbocycles. The maximum absolute atomic E-state index is 10.6. The minimum atomic E-state index is -2.12. The van der Waals surface area contributed by atoms with Crippen LogP contribution in [0, 0.1) is 0 Å². The molecule has 1 aromatic carbocycles. The molecule has 0 N–H and O–H groups in total. The van der Waals surface area contributed by atoms with Crippen molar-refractivity contribution in [1.82, 2.24) is 4.90 Å². The molecular weight excluding hydrogens is 186 g/mol. The number of nitrogens with zero attached hydrogens (tertiary/aromatic N) is 1. The molecule has 0 bridgehead atoms. The van der Waals surface area contributed by atoms with E-state index in [2.05, 4.69) is 0 Å². The first kappa shape index (κ1) is 10.4. The van der Waals surface area contributed by atoms with Crippen molar-refractivity contribution in [2.24, 2.45) is 0 Å². The van der Waals surface area contributed by atoms with Crippen molar-refractivity contribution < 1.29 is 8.76 Å². The van der Waals surface area contributed by atoms with E-state index >= 15 is 0 Å². The van der Waals surface area contributed by atoms with E-state index in [0.717, 1.165) is 12.1 Å². The van der Waals surface area contributed by atoms with E-state index in [1.54, 1.807) is 18.2 Å². The van der Waals surface area contributed by atoms with Crippen LogP contribution in [0.1, 0.15) is 5.56 Å². The molecule has 0 radical (unpaired) electrons. The maximum Gasteiger partial charge on any atom is 0.0251 e. The van der Waals surface area contributed by atoms with Crippen LogP contribution in [-0.4, -0.2) is 27.8 Å². The zero-order valence-corrected chi connectivity index (χ0v) is 8.50. The van der Waals surface area contributed by atoms with Gasteiger partial charge in [-0.3, -0.25) is 4.21 Å². The van der Waals surface area contributed by atoms with Gasteiger partial charge >= 0.3 is 0 Å².